The number of hydrogen-bond donors (Lipinski definition) is 0. The highest BCUT2D eigenvalue weighted by molar-refractivity contribution is 5.18. The van der Waals surface area contributed by atoms with E-state index in [1.807, 2.05) is 24.0 Å². The molecule has 1 aromatic carbocycles. The normalized spacial score (nSPS) is 20.1. The smallest absolute Gasteiger partial charge is 0.0952 e. The molecule has 0 bridgehead atoms. The highest BCUT2D eigenvalue weighted by Gasteiger charge is 2.21. The van der Waals surface area contributed by atoms with E-state index in [4.69, 9.17) is 4.74 Å². The highest BCUT2D eigenvalue weighted by Crippen LogP contribution is 2.21. The first-order chi connectivity index (χ1) is 9.81. The van der Waals surface area contributed by atoms with Crippen LogP contribution >= 0.6 is 0 Å². The molecule has 2 heterocycles. The van der Waals surface area contributed by atoms with E-state index < -0.39 is 0 Å². The number of benzene rings is 1. The minimum Gasteiger partial charge on any atom is -0.371 e. The van der Waals surface area contributed by atoms with Gasteiger partial charge in [0.1, 0.15) is 0 Å². The van der Waals surface area contributed by atoms with Crippen LogP contribution in [-0.4, -0.2) is 40.9 Å². The zero-order chi connectivity index (χ0) is 13.8. The van der Waals surface area contributed by atoms with Gasteiger partial charge in [-0.25, -0.2) is 0 Å². The van der Waals surface area contributed by atoms with Gasteiger partial charge in [-0.3, -0.25) is 9.58 Å². The molecule has 0 spiro atoms. The molecule has 1 fully saturated rings. The van der Waals surface area contributed by atoms with Crippen LogP contribution in [0.2, 0.25) is 0 Å². The van der Waals surface area contributed by atoms with E-state index >= 15 is 0 Å². The van der Waals surface area contributed by atoms with Crippen LogP contribution in [0.1, 0.15) is 17.2 Å². The Hall–Kier alpha value is -1.65. The van der Waals surface area contributed by atoms with E-state index in [-0.39, 0.29) is 6.10 Å². The minimum atomic E-state index is 0.207. The zero-order valence-corrected chi connectivity index (χ0v) is 11.9. The van der Waals surface area contributed by atoms with Crippen LogP contribution in [0, 0.1) is 0 Å². The Morgan fingerprint density at radius 2 is 2.15 bits per heavy atom. The molecule has 0 saturated carbocycles. The molecule has 0 radical (unpaired) electrons. The third-order valence-corrected chi connectivity index (χ3v) is 3.80. The van der Waals surface area contributed by atoms with Crippen molar-refractivity contribution >= 4 is 0 Å². The second-order valence-corrected chi connectivity index (χ2v) is 5.34. The molecule has 20 heavy (non-hydrogen) atoms. The molecule has 1 atom stereocenters. The number of rotatable bonds is 4. The molecular formula is C16H21N3O. The third-order valence-electron chi connectivity index (χ3n) is 3.80. The van der Waals surface area contributed by atoms with Crippen molar-refractivity contribution in [2.45, 2.75) is 12.5 Å². The first-order valence-electron chi connectivity index (χ1n) is 7.18. The predicted octanol–water partition coefficient (Wildman–Crippen LogP) is 2.04. The lowest BCUT2D eigenvalue weighted by atomic mass is 10.1. The molecule has 1 aromatic heterocycles. The van der Waals surface area contributed by atoms with E-state index in [9.17, 15) is 0 Å². The second kappa shape index (κ2) is 6.20. The largest absolute Gasteiger partial charge is 0.371 e. The van der Waals surface area contributed by atoms with Crippen LogP contribution in [0.15, 0.2) is 42.7 Å². The summed E-state index contributed by atoms with van der Waals surface area (Å²) in [6, 6.07) is 10.5. The summed E-state index contributed by atoms with van der Waals surface area (Å²) in [5.41, 5.74) is 2.58. The molecule has 106 valence electrons. The minimum absolute atomic E-state index is 0.207. The maximum absolute atomic E-state index is 5.89. The van der Waals surface area contributed by atoms with Crippen LogP contribution < -0.4 is 0 Å². The van der Waals surface area contributed by atoms with Crippen molar-refractivity contribution in [2.24, 2.45) is 7.05 Å². The van der Waals surface area contributed by atoms with Gasteiger partial charge in [-0.15, -0.1) is 0 Å². The molecule has 0 aliphatic carbocycles. The maximum Gasteiger partial charge on any atom is 0.0952 e. The molecule has 1 aliphatic heterocycles. The summed E-state index contributed by atoms with van der Waals surface area (Å²) in [6.07, 6.45) is 5.30. The van der Waals surface area contributed by atoms with E-state index in [1.54, 1.807) is 0 Å². The average Bonchev–Trinajstić information content (AvgIpc) is 2.92. The number of hydrogen-bond acceptors (Lipinski definition) is 3. The third kappa shape index (κ3) is 3.26. The lowest BCUT2D eigenvalue weighted by Crippen LogP contribution is -2.39. The van der Waals surface area contributed by atoms with Crippen molar-refractivity contribution in [2.75, 3.05) is 26.2 Å². The summed E-state index contributed by atoms with van der Waals surface area (Å²) < 4.78 is 7.75. The molecule has 4 heteroatoms. The number of nitrogens with zero attached hydrogens (tertiary/aromatic N) is 3. The molecule has 2 aromatic rings. The Kier molecular flexibility index (Phi) is 4.14. The first kappa shape index (κ1) is 13.3. The zero-order valence-electron chi connectivity index (χ0n) is 11.9. The van der Waals surface area contributed by atoms with Crippen LogP contribution in [-0.2, 0) is 18.2 Å². The van der Waals surface area contributed by atoms with Crippen molar-refractivity contribution in [1.82, 2.24) is 14.7 Å². The molecule has 3 rings (SSSR count). The van der Waals surface area contributed by atoms with Gasteiger partial charge in [-0.05, 0) is 17.5 Å². The number of aromatic nitrogens is 2. The van der Waals surface area contributed by atoms with Gasteiger partial charge in [-0.2, -0.15) is 5.10 Å². The van der Waals surface area contributed by atoms with E-state index in [0.29, 0.717) is 0 Å². The quantitative estimate of drug-likeness (QED) is 0.852. The summed E-state index contributed by atoms with van der Waals surface area (Å²) in [5, 5.41) is 4.22. The number of morpholine rings is 1. The molecule has 0 N–H and O–H groups in total. The van der Waals surface area contributed by atoms with Crippen LogP contribution in [0.4, 0.5) is 0 Å². The van der Waals surface area contributed by atoms with E-state index in [1.165, 1.54) is 11.1 Å². The fourth-order valence-electron chi connectivity index (χ4n) is 2.66. The summed E-state index contributed by atoms with van der Waals surface area (Å²) in [5.74, 6) is 0. The first-order valence-corrected chi connectivity index (χ1v) is 7.18. The monoisotopic (exact) mass is 271 g/mol. The predicted molar refractivity (Wildman–Crippen MR) is 78.5 cm³/mol. The summed E-state index contributed by atoms with van der Waals surface area (Å²) in [6.45, 7) is 3.87. The molecular weight excluding hydrogens is 250 g/mol. The van der Waals surface area contributed by atoms with Gasteiger partial charge in [0.15, 0.2) is 0 Å². The highest BCUT2D eigenvalue weighted by atomic mass is 16.5. The fourth-order valence-corrected chi connectivity index (χ4v) is 2.66. The van der Waals surface area contributed by atoms with Crippen molar-refractivity contribution < 1.29 is 4.74 Å². The lowest BCUT2D eigenvalue weighted by molar-refractivity contribution is -0.0295. The lowest BCUT2D eigenvalue weighted by Gasteiger charge is -2.33. The van der Waals surface area contributed by atoms with Gasteiger partial charge in [-0.1, -0.05) is 30.3 Å². The Balaban J connectivity index is 1.55. The van der Waals surface area contributed by atoms with Crippen molar-refractivity contribution in [3.05, 3.63) is 53.9 Å². The van der Waals surface area contributed by atoms with Gasteiger partial charge in [0.05, 0.1) is 18.9 Å². The van der Waals surface area contributed by atoms with Crippen molar-refractivity contribution in [1.29, 1.82) is 0 Å². The summed E-state index contributed by atoms with van der Waals surface area (Å²) >= 11 is 0. The molecule has 1 saturated heterocycles. The molecule has 1 aliphatic rings. The Morgan fingerprint density at radius 1 is 1.30 bits per heavy atom. The van der Waals surface area contributed by atoms with Gasteiger partial charge in [0.2, 0.25) is 0 Å². The SMILES string of the molecule is Cn1cc(CCN2CCOC(c3ccccc3)C2)cn1. The fraction of sp³-hybridized carbons (Fsp3) is 0.438. The molecule has 0 amide bonds. The van der Waals surface area contributed by atoms with Gasteiger partial charge < -0.3 is 4.74 Å². The van der Waals surface area contributed by atoms with E-state index in [2.05, 4.69) is 40.5 Å². The number of aryl methyl sites for hydroxylation is 1. The standard InChI is InChI=1S/C16H21N3O/c1-18-12-14(11-17-18)7-8-19-9-10-20-16(13-19)15-5-3-2-4-6-15/h2-6,11-12,16H,7-10,13H2,1H3. The number of ether oxygens (including phenoxy) is 1. The summed E-state index contributed by atoms with van der Waals surface area (Å²) in [7, 11) is 1.96. The average molecular weight is 271 g/mol. The van der Waals surface area contributed by atoms with Crippen LogP contribution in [0.5, 0.6) is 0 Å². The van der Waals surface area contributed by atoms with Crippen molar-refractivity contribution in [3.8, 4) is 0 Å². The van der Waals surface area contributed by atoms with Crippen molar-refractivity contribution in [3.63, 3.8) is 0 Å². The Labute approximate surface area is 120 Å². The second-order valence-electron chi connectivity index (χ2n) is 5.34. The van der Waals surface area contributed by atoms with E-state index in [0.717, 1.165) is 32.7 Å². The Morgan fingerprint density at radius 3 is 2.90 bits per heavy atom. The van der Waals surface area contributed by atoms with Gasteiger partial charge in [0, 0.05) is 32.9 Å². The van der Waals surface area contributed by atoms with Crippen LogP contribution in [0.3, 0.4) is 0 Å². The molecule has 1 unspecified atom stereocenters. The Bertz CT molecular complexity index is 538. The molecule has 4 nitrogen and oxygen atoms in total. The summed E-state index contributed by atoms with van der Waals surface area (Å²) in [4.78, 5) is 2.48. The van der Waals surface area contributed by atoms with Gasteiger partial charge in [0.25, 0.3) is 0 Å². The van der Waals surface area contributed by atoms with Gasteiger partial charge >= 0.3 is 0 Å². The maximum atomic E-state index is 5.89. The van der Waals surface area contributed by atoms with Crippen LogP contribution in [0.25, 0.3) is 0 Å². The topological polar surface area (TPSA) is 30.3 Å².